The Kier molecular flexibility index (Phi) is 4.65. The number of thioether (sulfide) groups is 1. The fourth-order valence-electron chi connectivity index (χ4n) is 2.65. The number of halogens is 2. The first kappa shape index (κ1) is 15.3. The van der Waals surface area contributed by atoms with Crippen molar-refractivity contribution in [1.82, 2.24) is 5.32 Å². The van der Waals surface area contributed by atoms with Crippen LogP contribution in [0.5, 0.6) is 0 Å². The van der Waals surface area contributed by atoms with Crippen LogP contribution in [0.15, 0.2) is 23.1 Å². The van der Waals surface area contributed by atoms with Crippen molar-refractivity contribution in [2.75, 3.05) is 6.54 Å². The van der Waals surface area contributed by atoms with Crippen LogP contribution in [0.4, 0.5) is 8.78 Å². The number of primary amides is 1. The molecule has 2 rings (SSSR count). The third-order valence-electron chi connectivity index (χ3n) is 3.65. The molecule has 0 radical (unpaired) electrons. The minimum atomic E-state index is -0.847. The highest BCUT2D eigenvalue weighted by Gasteiger charge is 2.43. The maximum Gasteiger partial charge on any atom is 0.237 e. The lowest BCUT2D eigenvalue weighted by molar-refractivity contribution is -0.124. The molecule has 1 aliphatic carbocycles. The maximum absolute atomic E-state index is 13.2. The minimum absolute atomic E-state index is 0.173. The van der Waals surface area contributed by atoms with Gasteiger partial charge in [-0.2, -0.15) is 0 Å². The van der Waals surface area contributed by atoms with Gasteiger partial charge in [0, 0.05) is 10.1 Å². The highest BCUT2D eigenvalue weighted by molar-refractivity contribution is 8.00. The van der Waals surface area contributed by atoms with E-state index in [0.29, 0.717) is 24.3 Å². The van der Waals surface area contributed by atoms with Gasteiger partial charge in [-0.15, -0.1) is 11.8 Å². The third kappa shape index (κ3) is 3.12. The van der Waals surface area contributed by atoms with Crippen molar-refractivity contribution < 1.29 is 13.6 Å². The molecule has 20 heavy (non-hydrogen) atoms. The number of hydrogen-bond donors (Lipinski definition) is 2. The van der Waals surface area contributed by atoms with E-state index in [4.69, 9.17) is 5.73 Å². The number of hydrogen-bond acceptors (Lipinski definition) is 3. The second-order valence-corrected chi connectivity index (χ2v) is 6.41. The van der Waals surface area contributed by atoms with Crippen LogP contribution in [-0.4, -0.2) is 23.2 Å². The fourth-order valence-corrected chi connectivity index (χ4v) is 3.96. The van der Waals surface area contributed by atoms with Gasteiger partial charge in [0.25, 0.3) is 0 Å². The van der Waals surface area contributed by atoms with Gasteiger partial charge in [0.2, 0.25) is 5.91 Å². The molecule has 1 fully saturated rings. The molecule has 1 aromatic rings. The van der Waals surface area contributed by atoms with Crippen LogP contribution >= 0.6 is 11.8 Å². The van der Waals surface area contributed by atoms with Gasteiger partial charge in [-0.1, -0.05) is 6.92 Å². The number of amides is 1. The summed E-state index contributed by atoms with van der Waals surface area (Å²) < 4.78 is 26.1. The van der Waals surface area contributed by atoms with Crippen LogP contribution in [0.3, 0.4) is 0 Å². The van der Waals surface area contributed by atoms with E-state index < -0.39 is 17.2 Å². The van der Waals surface area contributed by atoms with Crippen molar-refractivity contribution in [2.45, 2.75) is 41.9 Å². The second kappa shape index (κ2) is 6.10. The van der Waals surface area contributed by atoms with Crippen molar-refractivity contribution in [3.05, 3.63) is 29.8 Å². The zero-order valence-electron chi connectivity index (χ0n) is 11.3. The Morgan fingerprint density at radius 3 is 2.85 bits per heavy atom. The van der Waals surface area contributed by atoms with Crippen LogP contribution < -0.4 is 11.1 Å². The van der Waals surface area contributed by atoms with E-state index in [1.54, 1.807) is 6.07 Å². The van der Waals surface area contributed by atoms with Gasteiger partial charge in [0.05, 0.1) is 5.54 Å². The Hall–Kier alpha value is -1.14. The predicted octanol–water partition coefficient (Wildman–Crippen LogP) is 2.44. The molecule has 3 N–H and O–H groups in total. The fraction of sp³-hybridized carbons (Fsp3) is 0.500. The van der Waals surface area contributed by atoms with E-state index in [1.807, 2.05) is 6.92 Å². The molecule has 1 aliphatic rings. The molecular formula is C14H18F2N2OS. The van der Waals surface area contributed by atoms with Gasteiger partial charge < -0.3 is 11.1 Å². The zero-order chi connectivity index (χ0) is 14.8. The molecule has 2 unspecified atom stereocenters. The number of carbonyl (C=O) groups excluding carboxylic acids is 1. The monoisotopic (exact) mass is 300 g/mol. The number of likely N-dealkylation sites (N-methyl/N-ethyl adjacent to an activating group) is 1. The molecule has 1 aromatic carbocycles. The smallest absolute Gasteiger partial charge is 0.237 e. The van der Waals surface area contributed by atoms with Crippen LogP contribution in [0.25, 0.3) is 0 Å². The first-order chi connectivity index (χ1) is 9.47. The molecule has 0 aliphatic heterocycles. The highest BCUT2D eigenvalue weighted by Crippen LogP contribution is 2.40. The number of nitrogens with one attached hydrogen (secondary N) is 1. The van der Waals surface area contributed by atoms with Gasteiger partial charge in [0.15, 0.2) is 11.6 Å². The van der Waals surface area contributed by atoms with Gasteiger partial charge in [-0.05, 0) is 44.0 Å². The van der Waals surface area contributed by atoms with Crippen molar-refractivity contribution in [2.24, 2.45) is 5.73 Å². The first-order valence-corrected chi connectivity index (χ1v) is 7.51. The number of rotatable bonds is 5. The standard InChI is InChI=1S/C14H18F2N2OS/c1-2-18-14(13(17)19)6-5-10(8-14)20-9-3-4-11(15)12(16)7-9/h3-4,7,10,18H,2,5-6,8H2,1H3,(H2,17,19). The van der Waals surface area contributed by atoms with Crippen LogP contribution in [0.1, 0.15) is 26.2 Å². The van der Waals surface area contributed by atoms with Gasteiger partial charge >= 0.3 is 0 Å². The molecular weight excluding hydrogens is 282 g/mol. The number of benzene rings is 1. The zero-order valence-corrected chi connectivity index (χ0v) is 12.1. The van der Waals surface area contributed by atoms with E-state index in [-0.39, 0.29) is 11.2 Å². The summed E-state index contributed by atoms with van der Waals surface area (Å²) in [4.78, 5) is 12.3. The summed E-state index contributed by atoms with van der Waals surface area (Å²) in [7, 11) is 0. The minimum Gasteiger partial charge on any atom is -0.368 e. The molecule has 0 bridgehead atoms. The summed E-state index contributed by atoms with van der Waals surface area (Å²) in [5.41, 5.74) is 4.84. The Morgan fingerprint density at radius 1 is 1.50 bits per heavy atom. The number of carbonyl (C=O) groups is 1. The first-order valence-electron chi connectivity index (χ1n) is 6.63. The topological polar surface area (TPSA) is 55.1 Å². The second-order valence-electron chi connectivity index (χ2n) is 5.04. The SMILES string of the molecule is CCNC1(C(N)=O)CCC(Sc2ccc(F)c(F)c2)C1. The molecule has 1 saturated carbocycles. The maximum atomic E-state index is 13.2. The molecule has 1 amide bonds. The normalized spacial score (nSPS) is 25.9. The van der Waals surface area contributed by atoms with Crippen LogP contribution in [0.2, 0.25) is 0 Å². The summed E-state index contributed by atoms with van der Waals surface area (Å²) in [6, 6.07) is 3.87. The van der Waals surface area contributed by atoms with E-state index in [9.17, 15) is 13.6 Å². The van der Waals surface area contributed by atoms with Crippen molar-refractivity contribution in [3.63, 3.8) is 0 Å². The Bertz CT molecular complexity index is 512. The Balaban J connectivity index is 2.05. The van der Waals surface area contributed by atoms with Gasteiger partial charge in [0.1, 0.15) is 0 Å². The molecule has 3 nitrogen and oxygen atoms in total. The van der Waals surface area contributed by atoms with Crippen molar-refractivity contribution in [1.29, 1.82) is 0 Å². The summed E-state index contributed by atoms with van der Waals surface area (Å²) in [5, 5.41) is 3.34. The molecule has 110 valence electrons. The summed E-state index contributed by atoms with van der Waals surface area (Å²) in [5.74, 6) is -2.03. The molecule has 0 saturated heterocycles. The van der Waals surface area contributed by atoms with E-state index in [0.717, 1.165) is 12.5 Å². The van der Waals surface area contributed by atoms with Crippen molar-refractivity contribution in [3.8, 4) is 0 Å². The lowest BCUT2D eigenvalue weighted by Gasteiger charge is -2.26. The quantitative estimate of drug-likeness (QED) is 0.878. The Morgan fingerprint density at radius 2 is 2.25 bits per heavy atom. The molecule has 2 atom stereocenters. The van der Waals surface area contributed by atoms with Crippen molar-refractivity contribution >= 4 is 17.7 Å². The largest absolute Gasteiger partial charge is 0.368 e. The molecule has 0 spiro atoms. The van der Waals surface area contributed by atoms with Crippen LogP contribution in [0, 0.1) is 11.6 Å². The highest BCUT2D eigenvalue weighted by atomic mass is 32.2. The summed E-state index contributed by atoms with van der Waals surface area (Å²) >= 11 is 1.47. The summed E-state index contributed by atoms with van der Waals surface area (Å²) in [6.07, 6.45) is 2.11. The average Bonchev–Trinajstić information content (AvgIpc) is 2.79. The van der Waals surface area contributed by atoms with Gasteiger partial charge in [-0.3, -0.25) is 4.79 Å². The molecule has 0 aromatic heterocycles. The lowest BCUT2D eigenvalue weighted by Crippen LogP contribution is -2.53. The van der Waals surface area contributed by atoms with E-state index in [2.05, 4.69) is 5.32 Å². The van der Waals surface area contributed by atoms with Gasteiger partial charge in [-0.25, -0.2) is 8.78 Å². The lowest BCUT2D eigenvalue weighted by atomic mass is 9.97. The summed E-state index contributed by atoms with van der Waals surface area (Å²) in [6.45, 7) is 2.60. The average molecular weight is 300 g/mol. The molecule has 0 heterocycles. The van der Waals surface area contributed by atoms with Crippen LogP contribution in [-0.2, 0) is 4.79 Å². The molecule has 6 heteroatoms. The third-order valence-corrected chi connectivity index (χ3v) is 4.91. The van der Waals surface area contributed by atoms with E-state index in [1.165, 1.54) is 17.8 Å². The van der Waals surface area contributed by atoms with E-state index >= 15 is 0 Å². The predicted molar refractivity (Wildman–Crippen MR) is 75.5 cm³/mol. The number of nitrogens with two attached hydrogens (primary N) is 1. The Labute approximate surface area is 121 Å².